The Labute approximate surface area is 87.5 Å². The van der Waals surface area contributed by atoms with Crippen molar-refractivity contribution >= 4 is 11.6 Å². The summed E-state index contributed by atoms with van der Waals surface area (Å²) >= 11 is 5.72. The molecule has 0 aliphatic carbocycles. The number of aliphatic hydroxyl groups excluding tert-OH is 1. The minimum absolute atomic E-state index is 0.0127. The van der Waals surface area contributed by atoms with Gasteiger partial charge in [-0.2, -0.15) is 0 Å². The van der Waals surface area contributed by atoms with Gasteiger partial charge in [-0.1, -0.05) is 23.4 Å². The molecule has 1 N–H and O–H groups in total. The smallest absolute Gasteiger partial charge is 0.140 e. The van der Waals surface area contributed by atoms with E-state index in [0.717, 1.165) is 5.56 Å². The van der Waals surface area contributed by atoms with Crippen LogP contribution in [0, 0.1) is 24.6 Å². The first-order chi connectivity index (χ1) is 6.65. The normalized spacial score (nSPS) is 9.43. The van der Waals surface area contributed by atoms with Gasteiger partial charge >= 0.3 is 0 Å². The average molecular weight is 213 g/mol. The van der Waals surface area contributed by atoms with Gasteiger partial charge in [0.2, 0.25) is 0 Å². The molecule has 0 spiro atoms. The predicted molar refractivity (Wildman–Crippen MR) is 54.7 cm³/mol. The molecule has 0 fully saturated rings. The Bertz CT molecular complexity index is 390. The lowest BCUT2D eigenvalue weighted by molar-refractivity contribution is 0.305. The van der Waals surface area contributed by atoms with E-state index in [0.29, 0.717) is 17.0 Å². The molecule has 0 amide bonds. The number of rotatable bonds is 1. The number of halogens is 2. The SMILES string of the molecule is Cc1cc(C#CCCO)c(F)cc1Cl. The van der Waals surface area contributed by atoms with Crippen LogP contribution in [0.2, 0.25) is 5.02 Å². The zero-order valence-corrected chi connectivity index (χ0v) is 8.53. The minimum atomic E-state index is -0.425. The lowest BCUT2D eigenvalue weighted by Crippen LogP contribution is -1.87. The summed E-state index contributed by atoms with van der Waals surface area (Å²) in [5.41, 5.74) is 1.11. The second-order valence-electron chi connectivity index (χ2n) is 2.86. The van der Waals surface area contributed by atoms with Crippen molar-refractivity contribution < 1.29 is 9.50 Å². The van der Waals surface area contributed by atoms with Crippen LogP contribution in [0.15, 0.2) is 12.1 Å². The molecule has 14 heavy (non-hydrogen) atoms. The van der Waals surface area contributed by atoms with Gasteiger partial charge in [-0.3, -0.25) is 0 Å². The van der Waals surface area contributed by atoms with Gasteiger partial charge in [-0.15, -0.1) is 0 Å². The first-order valence-corrected chi connectivity index (χ1v) is 4.58. The van der Waals surface area contributed by atoms with Crippen LogP contribution < -0.4 is 0 Å². The van der Waals surface area contributed by atoms with Crippen molar-refractivity contribution in [2.24, 2.45) is 0 Å². The quantitative estimate of drug-likeness (QED) is 0.710. The Hall–Kier alpha value is -1.04. The molecule has 74 valence electrons. The van der Waals surface area contributed by atoms with E-state index in [2.05, 4.69) is 11.8 Å². The molecular weight excluding hydrogens is 203 g/mol. The molecule has 1 rings (SSSR count). The molecule has 0 atom stereocenters. The molecular formula is C11H10ClFO. The molecule has 0 saturated heterocycles. The Morgan fingerprint density at radius 3 is 2.86 bits per heavy atom. The van der Waals surface area contributed by atoms with Crippen LogP contribution in [0.1, 0.15) is 17.5 Å². The fraction of sp³-hybridized carbons (Fsp3) is 0.273. The molecule has 3 heteroatoms. The van der Waals surface area contributed by atoms with E-state index < -0.39 is 5.82 Å². The van der Waals surface area contributed by atoms with Gasteiger partial charge in [-0.25, -0.2) is 4.39 Å². The van der Waals surface area contributed by atoms with Gasteiger partial charge in [0.05, 0.1) is 12.2 Å². The van der Waals surface area contributed by atoms with E-state index in [1.165, 1.54) is 6.07 Å². The summed E-state index contributed by atoms with van der Waals surface area (Å²) < 4.78 is 13.2. The summed E-state index contributed by atoms with van der Waals surface area (Å²) in [5, 5.41) is 8.89. The van der Waals surface area contributed by atoms with E-state index in [-0.39, 0.29) is 6.61 Å². The van der Waals surface area contributed by atoms with E-state index in [9.17, 15) is 4.39 Å². The van der Waals surface area contributed by atoms with Gasteiger partial charge in [0.25, 0.3) is 0 Å². The molecule has 0 aliphatic heterocycles. The Kier molecular flexibility index (Phi) is 3.94. The third-order valence-electron chi connectivity index (χ3n) is 1.71. The average Bonchev–Trinajstić information content (AvgIpc) is 2.14. The van der Waals surface area contributed by atoms with Crippen LogP contribution in [-0.4, -0.2) is 11.7 Å². The summed E-state index contributed by atoms with van der Waals surface area (Å²) in [6, 6.07) is 2.85. The number of aliphatic hydroxyl groups is 1. The van der Waals surface area contributed by atoms with Gasteiger partial charge in [-0.05, 0) is 24.6 Å². The van der Waals surface area contributed by atoms with Crippen molar-refractivity contribution in [2.75, 3.05) is 6.61 Å². The summed E-state index contributed by atoms with van der Waals surface area (Å²) in [4.78, 5) is 0. The fourth-order valence-electron chi connectivity index (χ4n) is 0.967. The van der Waals surface area contributed by atoms with Crippen molar-refractivity contribution in [1.29, 1.82) is 0 Å². The van der Waals surface area contributed by atoms with Crippen molar-refractivity contribution in [2.45, 2.75) is 13.3 Å². The molecule has 1 aromatic carbocycles. The van der Waals surface area contributed by atoms with Crippen LogP contribution in [0.4, 0.5) is 4.39 Å². The third-order valence-corrected chi connectivity index (χ3v) is 2.12. The molecule has 0 radical (unpaired) electrons. The van der Waals surface area contributed by atoms with Crippen molar-refractivity contribution in [1.82, 2.24) is 0 Å². The van der Waals surface area contributed by atoms with Crippen LogP contribution in [-0.2, 0) is 0 Å². The zero-order valence-electron chi connectivity index (χ0n) is 7.77. The second kappa shape index (κ2) is 4.99. The van der Waals surface area contributed by atoms with Gasteiger partial charge in [0.15, 0.2) is 0 Å². The highest BCUT2D eigenvalue weighted by molar-refractivity contribution is 6.31. The molecule has 1 aromatic rings. The maximum atomic E-state index is 13.2. The van der Waals surface area contributed by atoms with Crippen LogP contribution >= 0.6 is 11.6 Å². The lowest BCUT2D eigenvalue weighted by Gasteiger charge is -1.99. The highest BCUT2D eigenvalue weighted by Crippen LogP contribution is 2.19. The van der Waals surface area contributed by atoms with Crippen LogP contribution in [0.25, 0.3) is 0 Å². The highest BCUT2D eigenvalue weighted by atomic mass is 35.5. The van der Waals surface area contributed by atoms with Crippen molar-refractivity contribution in [3.63, 3.8) is 0 Å². The topological polar surface area (TPSA) is 20.2 Å². The van der Waals surface area contributed by atoms with Crippen LogP contribution in [0.3, 0.4) is 0 Å². The number of benzene rings is 1. The first kappa shape index (κ1) is 11.0. The summed E-state index contributed by atoms with van der Waals surface area (Å²) in [5.74, 6) is 4.87. The molecule has 1 nitrogen and oxygen atoms in total. The van der Waals surface area contributed by atoms with Crippen molar-refractivity contribution in [3.05, 3.63) is 34.1 Å². The molecule has 0 unspecified atom stereocenters. The molecule has 0 saturated carbocycles. The van der Waals surface area contributed by atoms with E-state index in [1.54, 1.807) is 13.0 Å². The monoisotopic (exact) mass is 212 g/mol. The second-order valence-corrected chi connectivity index (χ2v) is 3.26. The van der Waals surface area contributed by atoms with Gasteiger partial charge < -0.3 is 5.11 Å². The van der Waals surface area contributed by atoms with Gasteiger partial charge in [0, 0.05) is 11.4 Å². The number of hydrogen-bond donors (Lipinski definition) is 1. The zero-order chi connectivity index (χ0) is 10.6. The highest BCUT2D eigenvalue weighted by Gasteiger charge is 2.02. The molecule has 0 aliphatic rings. The van der Waals surface area contributed by atoms with Crippen LogP contribution in [0.5, 0.6) is 0 Å². The molecule has 0 aromatic heterocycles. The Morgan fingerprint density at radius 2 is 2.21 bits per heavy atom. The summed E-state index contributed by atoms with van der Waals surface area (Å²) in [6.45, 7) is 1.78. The third kappa shape index (κ3) is 2.73. The van der Waals surface area contributed by atoms with E-state index >= 15 is 0 Å². The fourth-order valence-corrected chi connectivity index (χ4v) is 1.12. The minimum Gasteiger partial charge on any atom is -0.395 e. The molecule has 0 heterocycles. The van der Waals surface area contributed by atoms with E-state index in [1.807, 2.05) is 0 Å². The van der Waals surface area contributed by atoms with E-state index in [4.69, 9.17) is 16.7 Å². The Balaban J connectivity index is 3.00. The predicted octanol–water partition coefficient (Wildman–Crippen LogP) is 2.52. The summed E-state index contributed by atoms with van der Waals surface area (Å²) in [6.07, 6.45) is 0.348. The maximum Gasteiger partial charge on any atom is 0.140 e. The summed E-state index contributed by atoms with van der Waals surface area (Å²) in [7, 11) is 0. The Morgan fingerprint density at radius 1 is 1.50 bits per heavy atom. The maximum absolute atomic E-state index is 13.2. The largest absolute Gasteiger partial charge is 0.395 e. The van der Waals surface area contributed by atoms with Crippen molar-refractivity contribution in [3.8, 4) is 11.8 Å². The lowest BCUT2D eigenvalue weighted by atomic mass is 10.1. The number of aryl methyl sites for hydroxylation is 1. The number of hydrogen-bond acceptors (Lipinski definition) is 1. The standard InChI is InChI=1S/C11H10ClFO/c1-8-6-9(4-2-3-5-14)11(13)7-10(8)12/h6-7,14H,3,5H2,1H3. The first-order valence-electron chi connectivity index (χ1n) is 4.20. The van der Waals surface area contributed by atoms with Gasteiger partial charge in [0.1, 0.15) is 5.82 Å². The molecule has 0 bridgehead atoms.